The SMILES string of the molecule is Cn1ccn([Si](c2ccccc2)(c2ccccc2)n2ccn(C)c2=S)c1=S. The monoisotopic (exact) mass is 408 g/mol. The molecule has 0 N–H and O–H groups in total. The fraction of sp³-hybridized carbons (Fsp3) is 0.100. The zero-order valence-electron chi connectivity index (χ0n) is 15.2. The summed E-state index contributed by atoms with van der Waals surface area (Å²) in [5.41, 5.74) is 0. The molecule has 0 aliphatic carbocycles. The van der Waals surface area contributed by atoms with Gasteiger partial charge in [0.1, 0.15) is 0 Å². The number of rotatable bonds is 4. The van der Waals surface area contributed by atoms with Gasteiger partial charge in [-0.25, -0.2) is 0 Å². The third kappa shape index (κ3) is 2.70. The minimum absolute atomic E-state index is 0.778. The maximum absolute atomic E-state index is 5.83. The average Bonchev–Trinajstić information content (AvgIpc) is 3.22. The Morgan fingerprint density at radius 3 is 1.26 bits per heavy atom. The third-order valence-electron chi connectivity index (χ3n) is 4.94. The van der Waals surface area contributed by atoms with E-state index >= 15 is 0 Å². The first kappa shape index (κ1) is 17.9. The highest BCUT2D eigenvalue weighted by Crippen LogP contribution is 2.16. The van der Waals surface area contributed by atoms with Crippen LogP contribution >= 0.6 is 24.4 Å². The Balaban J connectivity index is 2.23. The Labute approximate surface area is 169 Å². The molecule has 4 aromatic rings. The second-order valence-corrected chi connectivity index (χ2v) is 10.7. The minimum Gasteiger partial charge on any atom is -0.327 e. The van der Waals surface area contributed by atoms with E-state index in [-0.39, 0.29) is 0 Å². The van der Waals surface area contributed by atoms with Crippen molar-refractivity contribution in [1.29, 1.82) is 0 Å². The van der Waals surface area contributed by atoms with Gasteiger partial charge in [-0.05, 0) is 34.8 Å². The molecule has 0 amide bonds. The fourth-order valence-corrected chi connectivity index (χ4v) is 9.06. The fourth-order valence-electron chi connectivity index (χ4n) is 3.60. The molecule has 0 saturated carbocycles. The van der Waals surface area contributed by atoms with Gasteiger partial charge in [-0.2, -0.15) is 0 Å². The number of aryl methyl sites for hydroxylation is 2. The van der Waals surface area contributed by atoms with Gasteiger partial charge in [0.25, 0.3) is 0 Å². The van der Waals surface area contributed by atoms with Crippen LogP contribution in [0.4, 0.5) is 0 Å². The maximum atomic E-state index is 5.83. The minimum atomic E-state index is -2.76. The van der Waals surface area contributed by atoms with E-state index in [1.54, 1.807) is 0 Å². The second kappa shape index (κ2) is 6.92. The van der Waals surface area contributed by atoms with E-state index in [2.05, 4.69) is 69.4 Å². The number of imidazole rings is 2. The van der Waals surface area contributed by atoms with Crippen LogP contribution in [0.2, 0.25) is 0 Å². The van der Waals surface area contributed by atoms with Crippen LogP contribution in [0.3, 0.4) is 0 Å². The molecule has 2 aromatic heterocycles. The number of benzene rings is 2. The summed E-state index contributed by atoms with van der Waals surface area (Å²) in [6.45, 7) is 0. The van der Waals surface area contributed by atoms with Gasteiger partial charge in [-0.1, -0.05) is 60.7 Å². The van der Waals surface area contributed by atoms with Crippen molar-refractivity contribution in [1.82, 2.24) is 17.6 Å². The average molecular weight is 409 g/mol. The standard InChI is InChI=1S/C20H20N4S2Si/c1-21-13-15-23(19(21)25)27(17-9-5-3-6-10-17,18-11-7-4-8-12-18)24-16-14-22(2)20(24)26/h3-16H,1-2H3. The Morgan fingerprint density at radius 1 is 0.593 bits per heavy atom. The number of aromatic nitrogens is 4. The van der Waals surface area contributed by atoms with E-state index in [4.69, 9.17) is 24.4 Å². The molecule has 0 bridgehead atoms. The third-order valence-corrected chi connectivity index (χ3v) is 10.6. The lowest BCUT2D eigenvalue weighted by Crippen LogP contribution is -2.69. The molecule has 2 aromatic carbocycles. The van der Waals surface area contributed by atoms with Crippen molar-refractivity contribution in [3.05, 3.63) is 95.0 Å². The summed E-state index contributed by atoms with van der Waals surface area (Å²) in [7, 11) is 1.20. The molecule has 27 heavy (non-hydrogen) atoms. The molecule has 4 rings (SSSR count). The highest BCUT2D eigenvalue weighted by Gasteiger charge is 2.44. The number of hydrogen-bond acceptors (Lipinski definition) is 2. The molecule has 136 valence electrons. The van der Waals surface area contributed by atoms with E-state index in [0.717, 1.165) is 9.54 Å². The van der Waals surface area contributed by atoms with Crippen molar-refractivity contribution in [2.45, 2.75) is 0 Å². The van der Waals surface area contributed by atoms with E-state index < -0.39 is 8.40 Å². The van der Waals surface area contributed by atoms with Crippen LogP contribution in [0, 0.1) is 9.54 Å². The predicted octanol–water partition coefficient (Wildman–Crippen LogP) is 3.08. The van der Waals surface area contributed by atoms with Gasteiger partial charge in [0.2, 0.25) is 0 Å². The Bertz CT molecular complexity index is 1090. The van der Waals surface area contributed by atoms with Gasteiger partial charge in [0, 0.05) is 38.9 Å². The lowest BCUT2D eigenvalue weighted by Gasteiger charge is -2.34. The van der Waals surface area contributed by atoms with E-state index in [0.29, 0.717) is 0 Å². The van der Waals surface area contributed by atoms with Crippen LogP contribution in [0.5, 0.6) is 0 Å². The van der Waals surface area contributed by atoms with Crippen LogP contribution in [0.1, 0.15) is 0 Å². The molecular formula is C20H20N4S2Si. The topological polar surface area (TPSA) is 19.7 Å². The molecule has 0 spiro atoms. The number of hydrogen-bond donors (Lipinski definition) is 0. The Morgan fingerprint density at radius 2 is 0.963 bits per heavy atom. The summed E-state index contributed by atoms with van der Waals surface area (Å²) in [6, 6.07) is 21.2. The van der Waals surface area contributed by atoms with Gasteiger partial charge in [0.05, 0.1) is 0 Å². The van der Waals surface area contributed by atoms with E-state index in [1.165, 1.54) is 10.4 Å². The highest BCUT2D eigenvalue weighted by atomic mass is 32.1. The molecule has 0 saturated heterocycles. The van der Waals surface area contributed by atoms with Crippen molar-refractivity contribution >= 4 is 43.2 Å². The Hall–Kier alpha value is -2.48. The predicted molar refractivity (Wildman–Crippen MR) is 117 cm³/mol. The molecule has 2 heterocycles. The molecule has 0 aliphatic rings. The zero-order valence-corrected chi connectivity index (χ0v) is 17.8. The van der Waals surface area contributed by atoms with Crippen LogP contribution in [0.25, 0.3) is 0 Å². The van der Waals surface area contributed by atoms with Crippen molar-refractivity contribution in [3.63, 3.8) is 0 Å². The van der Waals surface area contributed by atoms with Crippen LogP contribution < -0.4 is 10.4 Å². The van der Waals surface area contributed by atoms with Gasteiger partial charge in [-0.3, -0.25) is 0 Å². The van der Waals surface area contributed by atoms with Crippen molar-refractivity contribution in [2.75, 3.05) is 0 Å². The van der Waals surface area contributed by atoms with E-state index in [9.17, 15) is 0 Å². The smallest absolute Gasteiger partial charge is 0.327 e. The molecular weight excluding hydrogens is 388 g/mol. The first-order valence-electron chi connectivity index (χ1n) is 8.67. The normalized spacial score (nSPS) is 11.6. The zero-order chi connectivity index (χ0) is 19.0. The van der Waals surface area contributed by atoms with Crippen LogP contribution in [-0.2, 0) is 14.1 Å². The second-order valence-electron chi connectivity index (χ2n) is 6.53. The molecule has 0 fully saturated rings. The molecule has 0 aliphatic heterocycles. The lowest BCUT2D eigenvalue weighted by atomic mass is 10.4. The van der Waals surface area contributed by atoms with Crippen LogP contribution in [0.15, 0.2) is 85.5 Å². The highest BCUT2D eigenvalue weighted by molar-refractivity contribution is 7.71. The van der Waals surface area contributed by atoms with Crippen molar-refractivity contribution in [3.8, 4) is 0 Å². The molecule has 0 unspecified atom stereocenters. The molecule has 7 heteroatoms. The summed E-state index contributed by atoms with van der Waals surface area (Å²) in [5.74, 6) is 0. The molecule has 4 nitrogen and oxygen atoms in total. The largest absolute Gasteiger partial charge is 0.343 e. The van der Waals surface area contributed by atoms with Gasteiger partial charge in [-0.15, -0.1) is 0 Å². The molecule has 0 radical (unpaired) electrons. The summed E-state index contributed by atoms with van der Waals surface area (Å²) < 4.78 is 10.0. The first-order valence-corrected chi connectivity index (χ1v) is 11.4. The first-order chi connectivity index (χ1) is 13.1. The quantitative estimate of drug-likeness (QED) is 0.382. The van der Waals surface area contributed by atoms with Crippen molar-refractivity contribution < 1.29 is 0 Å². The van der Waals surface area contributed by atoms with Gasteiger partial charge >= 0.3 is 8.40 Å². The lowest BCUT2D eigenvalue weighted by molar-refractivity contribution is 0.850. The van der Waals surface area contributed by atoms with Crippen molar-refractivity contribution in [2.24, 2.45) is 14.1 Å². The van der Waals surface area contributed by atoms with Gasteiger partial charge < -0.3 is 17.6 Å². The summed E-state index contributed by atoms with van der Waals surface area (Å²) in [6.07, 6.45) is 8.21. The van der Waals surface area contributed by atoms with Crippen LogP contribution in [-0.4, -0.2) is 26.0 Å². The molecule has 0 atom stereocenters. The Kier molecular flexibility index (Phi) is 4.59. The summed E-state index contributed by atoms with van der Waals surface area (Å²) in [5, 5.41) is 2.45. The van der Waals surface area contributed by atoms with Gasteiger partial charge in [0.15, 0.2) is 9.54 Å². The maximum Gasteiger partial charge on any atom is 0.343 e. The number of nitrogens with zero attached hydrogens (tertiary/aromatic N) is 4. The summed E-state index contributed by atoms with van der Waals surface area (Å²) >= 11 is 11.7. The summed E-state index contributed by atoms with van der Waals surface area (Å²) in [4.78, 5) is 0. The van der Waals surface area contributed by atoms with E-state index in [1.807, 2.05) is 47.8 Å².